The molecule has 10 heteroatoms. The third-order valence-electron chi connectivity index (χ3n) is 4.38. The number of ketones is 1. The molecule has 30 heavy (non-hydrogen) atoms. The molecule has 1 atom stereocenters. The molecule has 0 fully saturated rings. The zero-order chi connectivity index (χ0) is 21.8. The van der Waals surface area contributed by atoms with Crippen molar-refractivity contribution >= 4 is 57.2 Å². The van der Waals surface area contributed by atoms with Gasteiger partial charge in [-0.05, 0) is 18.2 Å². The smallest absolute Gasteiger partial charge is 0.419 e. The standard InChI is InChI=1S/C20H16ClFN2O6/c21-11-5-6-13-12-3-1-2-4-15(12)24(16(13)7-11)20(29)30-10-18(26)23-14(8-19(27)28)17(25)9-22/h1-7,14H,8-10H2,(H,23,26)(H,27,28). The Labute approximate surface area is 174 Å². The fourth-order valence-corrected chi connectivity index (χ4v) is 3.25. The first-order valence-corrected chi connectivity index (χ1v) is 9.15. The highest BCUT2D eigenvalue weighted by Gasteiger charge is 2.24. The van der Waals surface area contributed by atoms with Crippen LogP contribution >= 0.6 is 11.6 Å². The molecule has 0 spiro atoms. The average molecular weight is 435 g/mol. The number of aliphatic carboxylic acids is 1. The van der Waals surface area contributed by atoms with Crippen LogP contribution in [-0.2, 0) is 19.1 Å². The molecule has 3 rings (SSSR count). The summed E-state index contributed by atoms with van der Waals surface area (Å²) in [6, 6.07) is 10.5. The minimum Gasteiger partial charge on any atom is -0.481 e. The summed E-state index contributed by atoms with van der Waals surface area (Å²) in [7, 11) is 0. The molecule has 1 amide bonds. The van der Waals surface area contributed by atoms with Crippen molar-refractivity contribution in [3.05, 3.63) is 47.5 Å². The first-order chi connectivity index (χ1) is 14.3. The summed E-state index contributed by atoms with van der Waals surface area (Å²) in [5, 5.41) is 12.8. The second kappa shape index (κ2) is 8.91. The van der Waals surface area contributed by atoms with Gasteiger partial charge >= 0.3 is 12.1 Å². The minimum absolute atomic E-state index is 0.401. The van der Waals surface area contributed by atoms with E-state index in [1.807, 2.05) is 12.1 Å². The summed E-state index contributed by atoms with van der Waals surface area (Å²) < 4.78 is 18.9. The molecule has 2 N–H and O–H groups in total. The van der Waals surface area contributed by atoms with Crippen molar-refractivity contribution in [2.45, 2.75) is 12.5 Å². The highest BCUT2D eigenvalue weighted by atomic mass is 35.5. The second-order valence-corrected chi connectivity index (χ2v) is 6.82. The number of carbonyl (C=O) groups excluding carboxylic acids is 3. The van der Waals surface area contributed by atoms with Crippen LogP contribution < -0.4 is 5.32 Å². The number of carboxylic acid groups (broad SMARTS) is 1. The van der Waals surface area contributed by atoms with Gasteiger partial charge in [0.15, 0.2) is 12.4 Å². The molecule has 1 heterocycles. The topological polar surface area (TPSA) is 115 Å². The van der Waals surface area contributed by atoms with E-state index >= 15 is 0 Å². The molecule has 0 bridgehead atoms. The largest absolute Gasteiger partial charge is 0.481 e. The molecular weight excluding hydrogens is 419 g/mol. The normalized spacial score (nSPS) is 11.9. The van der Waals surface area contributed by atoms with Gasteiger partial charge < -0.3 is 15.2 Å². The lowest BCUT2D eigenvalue weighted by Crippen LogP contribution is -2.44. The molecule has 0 aliphatic heterocycles. The molecule has 8 nitrogen and oxygen atoms in total. The van der Waals surface area contributed by atoms with Gasteiger partial charge in [-0.15, -0.1) is 0 Å². The van der Waals surface area contributed by atoms with E-state index in [1.165, 1.54) is 4.57 Å². The van der Waals surface area contributed by atoms with E-state index in [-0.39, 0.29) is 0 Å². The number of ether oxygens (including phenoxy) is 1. The molecule has 1 aromatic heterocycles. The van der Waals surface area contributed by atoms with Crippen LogP contribution in [0.15, 0.2) is 42.5 Å². The Morgan fingerprint density at radius 1 is 1.10 bits per heavy atom. The van der Waals surface area contributed by atoms with Gasteiger partial charge in [-0.25, -0.2) is 13.8 Å². The van der Waals surface area contributed by atoms with Crippen molar-refractivity contribution in [2.75, 3.05) is 13.3 Å². The van der Waals surface area contributed by atoms with Crippen molar-refractivity contribution in [1.29, 1.82) is 0 Å². The van der Waals surface area contributed by atoms with E-state index in [0.717, 1.165) is 10.8 Å². The number of rotatable bonds is 7. The van der Waals surface area contributed by atoms with E-state index in [2.05, 4.69) is 5.32 Å². The molecular formula is C20H16ClFN2O6. The highest BCUT2D eigenvalue weighted by Crippen LogP contribution is 2.30. The van der Waals surface area contributed by atoms with Crippen LogP contribution in [0, 0.1) is 0 Å². The molecule has 156 valence electrons. The maximum atomic E-state index is 12.7. The molecule has 0 aliphatic carbocycles. The average Bonchev–Trinajstić information content (AvgIpc) is 3.04. The van der Waals surface area contributed by atoms with Crippen LogP contribution in [-0.4, -0.2) is 52.7 Å². The second-order valence-electron chi connectivity index (χ2n) is 6.39. The summed E-state index contributed by atoms with van der Waals surface area (Å²) >= 11 is 6.05. The number of nitrogens with zero attached hydrogens (tertiary/aromatic N) is 1. The summed E-state index contributed by atoms with van der Waals surface area (Å²) in [5.41, 5.74) is 1.02. The van der Waals surface area contributed by atoms with Crippen molar-refractivity contribution < 1.29 is 33.4 Å². The Hall–Kier alpha value is -3.46. The van der Waals surface area contributed by atoms with Crippen LogP contribution in [0.2, 0.25) is 5.02 Å². The molecule has 0 radical (unpaired) electrons. The van der Waals surface area contributed by atoms with Gasteiger partial charge in [-0.2, -0.15) is 0 Å². The first-order valence-electron chi connectivity index (χ1n) is 8.77. The Kier molecular flexibility index (Phi) is 6.31. The summed E-state index contributed by atoms with van der Waals surface area (Å²) in [4.78, 5) is 47.0. The van der Waals surface area contributed by atoms with E-state index in [1.54, 1.807) is 30.3 Å². The van der Waals surface area contributed by atoms with Crippen LogP contribution in [0.25, 0.3) is 21.8 Å². The molecule has 0 saturated carbocycles. The van der Waals surface area contributed by atoms with E-state index in [9.17, 15) is 23.6 Å². The van der Waals surface area contributed by atoms with E-state index in [0.29, 0.717) is 16.1 Å². The number of amides is 1. The quantitative estimate of drug-likeness (QED) is 0.591. The molecule has 0 saturated heterocycles. The summed E-state index contributed by atoms with van der Waals surface area (Å²) in [6.45, 7) is -2.22. The van der Waals surface area contributed by atoms with Gasteiger partial charge in [0.1, 0.15) is 12.7 Å². The SMILES string of the molecule is O=C(O)CC(NC(=O)COC(=O)n1c2ccccc2c2ccc(Cl)cc21)C(=O)CF. The van der Waals surface area contributed by atoms with Crippen molar-refractivity contribution in [3.8, 4) is 0 Å². The number of fused-ring (bicyclic) bond motifs is 3. The number of hydrogen-bond acceptors (Lipinski definition) is 5. The Balaban J connectivity index is 1.80. The minimum atomic E-state index is -1.55. The maximum Gasteiger partial charge on any atom is 0.419 e. The number of nitrogens with one attached hydrogen (secondary N) is 1. The predicted octanol–water partition coefficient (Wildman–Crippen LogP) is 2.93. The molecule has 2 aromatic carbocycles. The fourth-order valence-electron chi connectivity index (χ4n) is 3.08. The van der Waals surface area contributed by atoms with E-state index < -0.39 is 49.5 Å². The van der Waals surface area contributed by atoms with E-state index in [4.69, 9.17) is 21.4 Å². The Bertz CT molecular complexity index is 1160. The molecule has 0 aliphatic rings. The molecule has 1 unspecified atom stereocenters. The van der Waals surface area contributed by atoms with Gasteiger partial charge in [0.25, 0.3) is 5.91 Å². The third-order valence-corrected chi connectivity index (χ3v) is 4.61. The first kappa shape index (κ1) is 21.3. The van der Waals surface area contributed by atoms with Gasteiger partial charge in [0.05, 0.1) is 17.5 Å². The zero-order valence-electron chi connectivity index (χ0n) is 15.4. The monoisotopic (exact) mass is 434 g/mol. The van der Waals surface area contributed by atoms with Crippen LogP contribution in [0.4, 0.5) is 9.18 Å². The predicted molar refractivity (Wildman–Crippen MR) is 106 cm³/mol. The molecule has 3 aromatic rings. The number of aromatic nitrogens is 1. The lowest BCUT2D eigenvalue weighted by Gasteiger charge is -2.14. The van der Waals surface area contributed by atoms with Crippen LogP contribution in [0.5, 0.6) is 0 Å². The fraction of sp³-hybridized carbons (Fsp3) is 0.200. The number of halogens is 2. The van der Waals surface area contributed by atoms with Gasteiger partial charge in [0.2, 0.25) is 0 Å². The van der Waals surface area contributed by atoms with Crippen LogP contribution in [0.1, 0.15) is 6.42 Å². The number of carboxylic acids is 1. The van der Waals surface area contributed by atoms with Gasteiger partial charge in [-0.1, -0.05) is 35.9 Å². The number of hydrogen-bond donors (Lipinski definition) is 2. The van der Waals surface area contributed by atoms with Crippen molar-refractivity contribution in [2.24, 2.45) is 0 Å². The zero-order valence-corrected chi connectivity index (χ0v) is 16.2. The number of alkyl halides is 1. The number of para-hydroxylation sites is 1. The van der Waals surface area contributed by atoms with Gasteiger partial charge in [0, 0.05) is 15.8 Å². The Morgan fingerprint density at radius 3 is 2.50 bits per heavy atom. The lowest BCUT2D eigenvalue weighted by atomic mass is 10.1. The van der Waals surface area contributed by atoms with Gasteiger partial charge in [-0.3, -0.25) is 14.4 Å². The summed E-state index contributed by atoms with van der Waals surface area (Å²) in [5.74, 6) is -3.41. The number of carbonyl (C=O) groups is 4. The summed E-state index contributed by atoms with van der Waals surface area (Å²) in [6.07, 6.45) is -1.65. The van der Waals surface area contributed by atoms with Crippen LogP contribution in [0.3, 0.4) is 0 Å². The number of benzene rings is 2. The third kappa shape index (κ3) is 4.41. The Morgan fingerprint density at radius 2 is 1.80 bits per heavy atom. The maximum absolute atomic E-state index is 12.7. The number of Topliss-reactive ketones (excluding diaryl/α,β-unsaturated/α-hetero) is 1. The lowest BCUT2D eigenvalue weighted by molar-refractivity contribution is -0.140. The highest BCUT2D eigenvalue weighted by molar-refractivity contribution is 6.31. The van der Waals surface area contributed by atoms with Crippen molar-refractivity contribution in [3.63, 3.8) is 0 Å². The van der Waals surface area contributed by atoms with Crippen molar-refractivity contribution in [1.82, 2.24) is 9.88 Å².